The Morgan fingerprint density at radius 1 is 1.64 bits per heavy atom. The summed E-state index contributed by atoms with van der Waals surface area (Å²) >= 11 is 0. The molecule has 5 heteroatoms. The Balaban J connectivity index is 0.00000169. The molecule has 0 atom stereocenters. The van der Waals surface area contributed by atoms with Crippen LogP contribution in [0.25, 0.3) is 0 Å². The Morgan fingerprint density at radius 3 is 2.93 bits per heavy atom. The van der Waals surface area contributed by atoms with Crippen molar-refractivity contribution in [1.82, 2.24) is 4.98 Å². The van der Waals surface area contributed by atoms with Crippen molar-refractivity contribution in [2.45, 2.75) is 13.5 Å². The molecular weight excluding hydrogens is 204 g/mol. The minimum Gasteiger partial charge on any atom is -0.462 e. The third kappa shape index (κ3) is 3.32. The maximum atomic E-state index is 11.2. The highest BCUT2D eigenvalue weighted by atomic mass is 35.5. The van der Waals surface area contributed by atoms with E-state index in [1.807, 2.05) is 0 Å². The molecule has 1 heterocycles. The van der Waals surface area contributed by atoms with Gasteiger partial charge in [-0.3, -0.25) is 4.98 Å². The van der Waals surface area contributed by atoms with Crippen molar-refractivity contribution in [2.24, 2.45) is 5.73 Å². The number of rotatable bonds is 3. The molecular formula is C9H13ClN2O2. The van der Waals surface area contributed by atoms with Gasteiger partial charge < -0.3 is 10.5 Å². The number of pyridine rings is 1. The number of carbonyl (C=O) groups is 1. The van der Waals surface area contributed by atoms with Gasteiger partial charge in [0.2, 0.25) is 0 Å². The SMILES string of the molecule is CCOC(=O)c1ccnc(CN)c1.Cl. The van der Waals surface area contributed by atoms with Crippen LogP contribution in [0.5, 0.6) is 0 Å². The molecule has 0 aliphatic rings. The molecule has 0 aliphatic heterocycles. The number of carbonyl (C=O) groups excluding carboxylic acids is 1. The van der Waals surface area contributed by atoms with Crippen LogP contribution in [0.3, 0.4) is 0 Å². The summed E-state index contributed by atoms with van der Waals surface area (Å²) < 4.78 is 4.82. The molecule has 2 N–H and O–H groups in total. The molecule has 0 amide bonds. The van der Waals surface area contributed by atoms with Crippen molar-refractivity contribution in [1.29, 1.82) is 0 Å². The zero-order valence-corrected chi connectivity index (χ0v) is 8.71. The normalized spacial score (nSPS) is 9.00. The fraction of sp³-hybridized carbons (Fsp3) is 0.333. The molecule has 0 fully saturated rings. The van der Waals surface area contributed by atoms with Gasteiger partial charge in [0.1, 0.15) is 0 Å². The number of hydrogen-bond donors (Lipinski definition) is 1. The van der Waals surface area contributed by atoms with E-state index in [2.05, 4.69) is 4.98 Å². The lowest BCUT2D eigenvalue weighted by molar-refractivity contribution is 0.0526. The van der Waals surface area contributed by atoms with Crippen molar-refractivity contribution < 1.29 is 9.53 Å². The average Bonchev–Trinajstić information content (AvgIpc) is 2.18. The summed E-state index contributed by atoms with van der Waals surface area (Å²) in [5.41, 5.74) is 6.56. The number of esters is 1. The summed E-state index contributed by atoms with van der Waals surface area (Å²) in [6.07, 6.45) is 1.55. The number of halogens is 1. The van der Waals surface area contributed by atoms with Gasteiger partial charge in [-0.25, -0.2) is 4.79 Å². The number of ether oxygens (including phenoxy) is 1. The number of nitrogens with zero attached hydrogens (tertiary/aromatic N) is 1. The van der Waals surface area contributed by atoms with Crippen LogP contribution in [0.15, 0.2) is 18.3 Å². The van der Waals surface area contributed by atoms with Gasteiger partial charge >= 0.3 is 5.97 Å². The van der Waals surface area contributed by atoms with Crippen LogP contribution in [-0.4, -0.2) is 17.6 Å². The first-order valence-electron chi connectivity index (χ1n) is 4.10. The van der Waals surface area contributed by atoms with E-state index in [4.69, 9.17) is 10.5 Å². The van der Waals surface area contributed by atoms with E-state index < -0.39 is 0 Å². The van der Waals surface area contributed by atoms with Gasteiger partial charge in [-0.15, -0.1) is 12.4 Å². The lowest BCUT2D eigenvalue weighted by Crippen LogP contribution is -2.07. The minimum atomic E-state index is -0.334. The van der Waals surface area contributed by atoms with Crippen molar-refractivity contribution in [3.63, 3.8) is 0 Å². The summed E-state index contributed by atoms with van der Waals surface area (Å²) in [6.45, 7) is 2.47. The van der Waals surface area contributed by atoms with Gasteiger partial charge in [0, 0.05) is 12.7 Å². The lowest BCUT2D eigenvalue weighted by Gasteiger charge is -2.02. The predicted octanol–water partition coefficient (Wildman–Crippen LogP) is 1.14. The summed E-state index contributed by atoms with van der Waals surface area (Å²) in [5, 5.41) is 0. The Morgan fingerprint density at radius 2 is 2.36 bits per heavy atom. The standard InChI is InChI=1S/C9H12N2O2.ClH/c1-2-13-9(12)7-3-4-11-8(5-7)6-10;/h3-5H,2,6,10H2,1H3;1H. The molecule has 4 nitrogen and oxygen atoms in total. The Kier molecular flexibility index (Phi) is 5.83. The van der Waals surface area contributed by atoms with Crippen LogP contribution >= 0.6 is 12.4 Å². The molecule has 78 valence electrons. The smallest absolute Gasteiger partial charge is 0.338 e. The molecule has 0 unspecified atom stereocenters. The van der Waals surface area contributed by atoms with E-state index in [9.17, 15) is 4.79 Å². The van der Waals surface area contributed by atoms with Gasteiger partial charge in [0.15, 0.2) is 0 Å². The predicted molar refractivity (Wildman–Crippen MR) is 55.3 cm³/mol. The monoisotopic (exact) mass is 216 g/mol. The van der Waals surface area contributed by atoms with Crippen LogP contribution in [0.4, 0.5) is 0 Å². The molecule has 14 heavy (non-hydrogen) atoms. The molecule has 0 spiro atoms. The first kappa shape index (κ1) is 12.9. The summed E-state index contributed by atoms with van der Waals surface area (Å²) in [6, 6.07) is 3.25. The molecule has 1 aromatic rings. The van der Waals surface area contributed by atoms with Crippen molar-refractivity contribution in [3.8, 4) is 0 Å². The molecule has 0 radical (unpaired) electrons. The van der Waals surface area contributed by atoms with Gasteiger partial charge in [0.25, 0.3) is 0 Å². The van der Waals surface area contributed by atoms with E-state index in [0.717, 1.165) is 0 Å². The van der Waals surface area contributed by atoms with Gasteiger partial charge in [-0.05, 0) is 19.1 Å². The molecule has 0 aliphatic carbocycles. The highest BCUT2D eigenvalue weighted by molar-refractivity contribution is 5.89. The first-order chi connectivity index (χ1) is 6.27. The summed E-state index contributed by atoms with van der Waals surface area (Å²) in [5.74, 6) is -0.334. The largest absolute Gasteiger partial charge is 0.462 e. The third-order valence-corrected chi connectivity index (χ3v) is 1.54. The van der Waals surface area contributed by atoms with Gasteiger partial charge in [-0.2, -0.15) is 0 Å². The topological polar surface area (TPSA) is 65.2 Å². The molecule has 0 aromatic carbocycles. The number of aromatic nitrogens is 1. The second kappa shape index (κ2) is 6.34. The van der Waals surface area contributed by atoms with E-state index in [1.54, 1.807) is 25.3 Å². The van der Waals surface area contributed by atoms with Crippen LogP contribution in [-0.2, 0) is 11.3 Å². The fourth-order valence-corrected chi connectivity index (χ4v) is 0.931. The molecule has 1 rings (SSSR count). The Labute approximate surface area is 88.9 Å². The quantitative estimate of drug-likeness (QED) is 0.770. The van der Waals surface area contributed by atoms with Crippen LogP contribution in [0.2, 0.25) is 0 Å². The van der Waals surface area contributed by atoms with E-state index in [-0.39, 0.29) is 18.4 Å². The average molecular weight is 217 g/mol. The lowest BCUT2D eigenvalue weighted by atomic mass is 10.2. The number of nitrogens with two attached hydrogens (primary N) is 1. The Bertz CT molecular complexity index is 305. The maximum Gasteiger partial charge on any atom is 0.338 e. The molecule has 0 saturated heterocycles. The summed E-state index contributed by atoms with van der Waals surface area (Å²) in [7, 11) is 0. The molecule has 0 bridgehead atoms. The first-order valence-corrected chi connectivity index (χ1v) is 4.10. The zero-order chi connectivity index (χ0) is 9.68. The second-order valence-electron chi connectivity index (χ2n) is 2.46. The van der Waals surface area contributed by atoms with Crippen molar-refractivity contribution in [2.75, 3.05) is 6.61 Å². The number of hydrogen-bond acceptors (Lipinski definition) is 4. The van der Waals surface area contributed by atoms with Crippen molar-refractivity contribution >= 4 is 18.4 Å². The minimum absolute atomic E-state index is 0. The van der Waals surface area contributed by atoms with Crippen LogP contribution in [0, 0.1) is 0 Å². The van der Waals surface area contributed by atoms with Gasteiger partial charge in [0.05, 0.1) is 17.9 Å². The second-order valence-corrected chi connectivity index (χ2v) is 2.46. The van der Waals surface area contributed by atoms with E-state index in [0.29, 0.717) is 24.4 Å². The molecule has 1 aromatic heterocycles. The fourth-order valence-electron chi connectivity index (χ4n) is 0.931. The highest BCUT2D eigenvalue weighted by Crippen LogP contribution is 2.03. The Hall–Kier alpha value is -1.13. The summed E-state index contributed by atoms with van der Waals surface area (Å²) in [4.78, 5) is 15.2. The van der Waals surface area contributed by atoms with Gasteiger partial charge in [-0.1, -0.05) is 0 Å². The maximum absolute atomic E-state index is 11.2. The van der Waals surface area contributed by atoms with E-state index >= 15 is 0 Å². The van der Waals surface area contributed by atoms with Crippen molar-refractivity contribution in [3.05, 3.63) is 29.6 Å². The van der Waals surface area contributed by atoms with E-state index in [1.165, 1.54) is 0 Å². The zero-order valence-electron chi connectivity index (χ0n) is 7.90. The highest BCUT2D eigenvalue weighted by Gasteiger charge is 2.06. The third-order valence-electron chi connectivity index (χ3n) is 1.54. The van der Waals surface area contributed by atoms with Crippen LogP contribution in [0.1, 0.15) is 23.0 Å². The van der Waals surface area contributed by atoms with Crippen LogP contribution < -0.4 is 5.73 Å². The molecule has 0 saturated carbocycles.